The zero-order chi connectivity index (χ0) is 14.5. The minimum atomic E-state index is -0.311. The molecule has 0 fully saturated rings. The first-order valence-electron chi connectivity index (χ1n) is 6.84. The van der Waals surface area contributed by atoms with E-state index in [4.69, 9.17) is 11.6 Å². The van der Waals surface area contributed by atoms with Crippen LogP contribution in [0.2, 0.25) is 5.02 Å². The summed E-state index contributed by atoms with van der Waals surface area (Å²) < 4.78 is 15.2. The Morgan fingerprint density at radius 3 is 2.85 bits per heavy atom. The SMILES string of the molecule is CCNC(Cc1ccc(F)cc1Cl)c1nccn1CC. The Labute approximate surface area is 123 Å². The van der Waals surface area contributed by atoms with Crippen molar-refractivity contribution in [2.45, 2.75) is 32.9 Å². The number of benzene rings is 1. The summed E-state index contributed by atoms with van der Waals surface area (Å²) in [7, 11) is 0. The highest BCUT2D eigenvalue weighted by Crippen LogP contribution is 2.23. The van der Waals surface area contributed by atoms with E-state index < -0.39 is 0 Å². The third kappa shape index (κ3) is 3.38. The maximum absolute atomic E-state index is 13.1. The first kappa shape index (κ1) is 15.0. The average molecular weight is 296 g/mol. The second kappa shape index (κ2) is 6.86. The number of hydrogen-bond donors (Lipinski definition) is 1. The maximum Gasteiger partial charge on any atom is 0.126 e. The predicted molar refractivity (Wildman–Crippen MR) is 79.4 cm³/mol. The number of halogens is 2. The van der Waals surface area contributed by atoms with Crippen molar-refractivity contribution in [1.82, 2.24) is 14.9 Å². The van der Waals surface area contributed by atoms with Gasteiger partial charge >= 0.3 is 0 Å². The van der Waals surface area contributed by atoms with Crippen LogP contribution in [0.3, 0.4) is 0 Å². The van der Waals surface area contributed by atoms with Gasteiger partial charge in [0, 0.05) is 24.0 Å². The van der Waals surface area contributed by atoms with Crippen molar-refractivity contribution in [3.63, 3.8) is 0 Å². The Morgan fingerprint density at radius 1 is 1.40 bits per heavy atom. The van der Waals surface area contributed by atoms with E-state index in [1.54, 1.807) is 12.3 Å². The minimum absolute atomic E-state index is 0.0675. The third-order valence-electron chi connectivity index (χ3n) is 3.29. The van der Waals surface area contributed by atoms with E-state index in [2.05, 4.69) is 28.7 Å². The van der Waals surface area contributed by atoms with Crippen LogP contribution < -0.4 is 5.32 Å². The molecule has 1 N–H and O–H groups in total. The van der Waals surface area contributed by atoms with Crippen molar-refractivity contribution in [1.29, 1.82) is 0 Å². The smallest absolute Gasteiger partial charge is 0.126 e. The van der Waals surface area contributed by atoms with Gasteiger partial charge < -0.3 is 9.88 Å². The lowest BCUT2D eigenvalue weighted by Crippen LogP contribution is -2.26. The number of hydrogen-bond acceptors (Lipinski definition) is 2. The van der Waals surface area contributed by atoms with E-state index in [1.807, 2.05) is 6.20 Å². The Bertz CT molecular complexity index is 568. The van der Waals surface area contributed by atoms with E-state index >= 15 is 0 Å². The molecule has 0 radical (unpaired) electrons. The molecule has 0 bridgehead atoms. The summed E-state index contributed by atoms with van der Waals surface area (Å²) >= 11 is 6.11. The number of nitrogens with one attached hydrogen (secondary N) is 1. The molecule has 0 amide bonds. The fourth-order valence-electron chi connectivity index (χ4n) is 2.31. The Kier molecular flexibility index (Phi) is 5.15. The molecule has 1 aromatic carbocycles. The van der Waals surface area contributed by atoms with Gasteiger partial charge in [0.2, 0.25) is 0 Å². The standard InChI is InChI=1S/C15H19ClFN3/c1-3-18-14(15-19-7-8-20(15)4-2)9-11-5-6-12(17)10-13(11)16/h5-8,10,14,18H,3-4,9H2,1-2H3. The quantitative estimate of drug-likeness (QED) is 0.882. The van der Waals surface area contributed by atoms with Gasteiger partial charge in [-0.2, -0.15) is 0 Å². The highest BCUT2D eigenvalue weighted by Gasteiger charge is 2.17. The number of imidazole rings is 1. The van der Waals surface area contributed by atoms with E-state index in [9.17, 15) is 4.39 Å². The number of nitrogens with zero attached hydrogens (tertiary/aromatic N) is 2. The molecule has 1 aromatic heterocycles. The van der Waals surface area contributed by atoms with Crippen LogP contribution in [0.15, 0.2) is 30.6 Å². The highest BCUT2D eigenvalue weighted by atomic mass is 35.5. The van der Waals surface area contributed by atoms with Crippen molar-refractivity contribution in [3.8, 4) is 0 Å². The normalized spacial score (nSPS) is 12.6. The van der Waals surface area contributed by atoms with Crippen molar-refractivity contribution in [2.75, 3.05) is 6.54 Å². The molecule has 0 aliphatic carbocycles. The summed E-state index contributed by atoms with van der Waals surface area (Å²) in [5.74, 6) is 0.670. The molecule has 0 aliphatic rings. The van der Waals surface area contributed by atoms with Crippen LogP contribution in [0, 0.1) is 5.82 Å². The molecule has 0 saturated heterocycles. The third-order valence-corrected chi connectivity index (χ3v) is 3.64. The van der Waals surface area contributed by atoms with Crippen LogP contribution >= 0.6 is 11.6 Å². The van der Waals surface area contributed by atoms with Gasteiger partial charge in [0.1, 0.15) is 11.6 Å². The van der Waals surface area contributed by atoms with Crippen LogP contribution in [0.1, 0.15) is 31.3 Å². The van der Waals surface area contributed by atoms with Gasteiger partial charge in [0.15, 0.2) is 0 Å². The van der Waals surface area contributed by atoms with Gasteiger partial charge in [-0.25, -0.2) is 9.37 Å². The molecule has 0 spiro atoms. The van der Waals surface area contributed by atoms with Gasteiger partial charge in [-0.05, 0) is 37.6 Å². The monoisotopic (exact) mass is 295 g/mol. The summed E-state index contributed by atoms with van der Waals surface area (Å²) in [6.45, 7) is 5.84. The van der Waals surface area contributed by atoms with E-state index in [1.165, 1.54) is 12.1 Å². The lowest BCUT2D eigenvalue weighted by molar-refractivity contribution is 0.495. The second-order valence-corrected chi connectivity index (χ2v) is 5.03. The Hall–Kier alpha value is -1.39. The van der Waals surface area contributed by atoms with Crippen LogP contribution in [0.5, 0.6) is 0 Å². The predicted octanol–water partition coefficient (Wildman–Crippen LogP) is 3.59. The summed E-state index contributed by atoms with van der Waals surface area (Å²) in [4.78, 5) is 4.43. The van der Waals surface area contributed by atoms with Crippen molar-refractivity contribution < 1.29 is 4.39 Å². The van der Waals surface area contributed by atoms with Gasteiger partial charge in [0.05, 0.1) is 6.04 Å². The molecule has 2 rings (SSSR count). The van der Waals surface area contributed by atoms with Crippen LogP contribution in [-0.4, -0.2) is 16.1 Å². The molecule has 0 saturated carbocycles. The zero-order valence-corrected chi connectivity index (χ0v) is 12.5. The van der Waals surface area contributed by atoms with E-state index in [-0.39, 0.29) is 11.9 Å². The summed E-state index contributed by atoms with van der Waals surface area (Å²) in [6.07, 6.45) is 4.45. The Morgan fingerprint density at radius 2 is 2.20 bits per heavy atom. The number of aromatic nitrogens is 2. The molecule has 0 aliphatic heterocycles. The molecule has 2 aromatic rings. The van der Waals surface area contributed by atoms with Crippen LogP contribution in [-0.2, 0) is 13.0 Å². The van der Waals surface area contributed by atoms with Crippen molar-refractivity contribution in [3.05, 3.63) is 52.8 Å². The lowest BCUT2D eigenvalue weighted by Gasteiger charge is -2.19. The number of rotatable bonds is 6. The van der Waals surface area contributed by atoms with E-state index in [0.29, 0.717) is 11.4 Å². The lowest BCUT2D eigenvalue weighted by atomic mass is 10.0. The molecular formula is C15H19ClFN3. The zero-order valence-electron chi connectivity index (χ0n) is 11.7. The van der Waals surface area contributed by atoms with Crippen LogP contribution in [0.25, 0.3) is 0 Å². The maximum atomic E-state index is 13.1. The molecule has 20 heavy (non-hydrogen) atoms. The largest absolute Gasteiger partial charge is 0.334 e. The topological polar surface area (TPSA) is 29.9 Å². The first-order chi connectivity index (χ1) is 9.65. The highest BCUT2D eigenvalue weighted by molar-refractivity contribution is 6.31. The van der Waals surface area contributed by atoms with Gasteiger partial charge in [0.25, 0.3) is 0 Å². The molecule has 1 unspecified atom stereocenters. The average Bonchev–Trinajstić information content (AvgIpc) is 2.89. The molecular weight excluding hydrogens is 277 g/mol. The molecule has 5 heteroatoms. The van der Waals surface area contributed by atoms with Crippen molar-refractivity contribution >= 4 is 11.6 Å². The summed E-state index contributed by atoms with van der Waals surface area (Å²) in [6, 6.07) is 4.60. The fraction of sp³-hybridized carbons (Fsp3) is 0.400. The van der Waals surface area contributed by atoms with E-state index in [0.717, 1.165) is 24.5 Å². The summed E-state index contributed by atoms with van der Waals surface area (Å²) in [5.41, 5.74) is 0.921. The van der Waals surface area contributed by atoms with Gasteiger partial charge in [-0.15, -0.1) is 0 Å². The fourth-order valence-corrected chi connectivity index (χ4v) is 2.55. The number of aryl methyl sites for hydroxylation is 1. The second-order valence-electron chi connectivity index (χ2n) is 4.62. The summed E-state index contributed by atoms with van der Waals surface area (Å²) in [5, 5.41) is 3.87. The number of likely N-dealkylation sites (N-methyl/N-ethyl adjacent to an activating group) is 1. The molecule has 108 valence electrons. The van der Waals surface area contributed by atoms with Gasteiger partial charge in [-0.1, -0.05) is 24.6 Å². The van der Waals surface area contributed by atoms with Gasteiger partial charge in [-0.3, -0.25) is 0 Å². The Balaban J connectivity index is 2.25. The first-order valence-corrected chi connectivity index (χ1v) is 7.21. The van der Waals surface area contributed by atoms with Crippen LogP contribution in [0.4, 0.5) is 4.39 Å². The molecule has 3 nitrogen and oxygen atoms in total. The van der Waals surface area contributed by atoms with Crippen molar-refractivity contribution in [2.24, 2.45) is 0 Å². The minimum Gasteiger partial charge on any atom is -0.334 e. The molecule has 1 heterocycles. The molecule has 1 atom stereocenters.